The summed E-state index contributed by atoms with van der Waals surface area (Å²) in [6.07, 6.45) is 3.34. The fourth-order valence-electron chi connectivity index (χ4n) is 2.00. The third-order valence-corrected chi connectivity index (χ3v) is 3.10. The number of amides is 1. The van der Waals surface area contributed by atoms with Crippen molar-refractivity contribution in [2.45, 2.75) is 26.2 Å². The molecular formula is C15H22N2O3. The van der Waals surface area contributed by atoms with Crippen LogP contribution in [0.2, 0.25) is 0 Å². The maximum Gasteiger partial charge on any atom is 0.239 e. The second-order valence-corrected chi connectivity index (χ2v) is 4.77. The van der Waals surface area contributed by atoms with Crippen molar-refractivity contribution in [1.29, 1.82) is 0 Å². The first-order valence-electron chi connectivity index (χ1n) is 7.20. The quantitative estimate of drug-likeness (QED) is 0.751. The maximum atomic E-state index is 11.6. The van der Waals surface area contributed by atoms with Gasteiger partial charge in [-0.05, 0) is 18.6 Å². The van der Waals surface area contributed by atoms with E-state index in [0.717, 1.165) is 43.0 Å². The topological polar surface area (TPSA) is 59.6 Å². The molecule has 0 radical (unpaired) electrons. The zero-order valence-corrected chi connectivity index (χ0v) is 11.9. The van der Waals surface area contributed by atoms with Crippen molar-refractivity contribution in [2.75, 3.05) is 31.6 Å². The van der Waals surface area contributed by atoms with Gasteiger partial charge in [0, 0.05) is 18.3 Å². The summed E-state index contributed by atoms with van der Waals surface area (Å²) >= 11 is 0. The van der Waals surface area contributed by atoms with Crippen molar-refractivity contribution < 1.29 is 14.3 Å². The zero-order valence-electron chi connectivity index (χ0n) is 11.9. The summed E-state index contributed by atoms with van der Waals surface area (Å²) in [4.78, 5) is 11.6. The van der Waals surface area contributed by atoms with Gasteiger partial charge in [-0.2, -0.15) is 0 Å². The highest BCUT2D eigenvalue weighted by Gasteiger charge is 2.11. The van der Waals surface area contributed by atoms with E-state index in [1.807, 2.05) is 18.2 Å². The molecule has 2 N–H and O–H groups in total. The van der Waals surface area contributed by atoms with Crippen molar-refractivity contribution in [3.8, 4) is 11.5 Å². The van der Waals surface area contributed by atoms with Gasteiger partial charge in [-0.15, -0.1) is 0 Å². The average Bonchev–Trinajstić information content (AvgIpc) is 2.49. The Hall–Kier alpha value is -1.91. The summed E-state index contributed by atoms with van der Waals surface area (Å²) in [5.74, 6) is 1.49. The Kier molecular flexibility index (Phi) is 5.53. The normalized spacial score (nSPS) is 12.8. The molecular weight excluding hydrogens is 256 g/mol. The Morgan fingerprint density at radius 1 is 1.20 bits per heavy atom. The Morgan fingerprint density at radius 3 is 2.80 bits per heavy atom. The number of nitrogens with one attached hydrogen (secondary N) is 2. The molecule has 0 fully saturated rings. The van der Waals surface area contributed by atoms with Gasteiger partial charge in [0.1, 0.15) is 13.2 Å². The van der Waals surface area contributed by atoms with Gasteiger partial charge in [-0.3, -0.25) is 4.79 Å². The Bertz CT molecular complexity index is 449. The van der Waals surface area contributed by atoms with Crippen LogP contribution in [-0.2, 0) is 4.79 Å². The van der Waals surface area contributed by atoms with Crippen LogP contribution in [0.25, 0.3) is 0 Å². The average molecular weight is 278 g/mol. The Balaban J connectivity index is 1.74. The molecule has 2 rings (SSSR count). The highest BCUT2D eigenvalue weighted by atomic mass is 16.6. The molecule has 1 amide bonds. The van der Waals surface area contributed by atoms with E-state index >= 15 is 0 Å². The molecule has 110 valence electrons. The van der Waals surface area contributed by atoms with Gasteiger partial charge in [-0.25, -0.2) is 0 Å². The molecule has 0 bridgehead atoms. The fourth-order valence-corrected chi connectivity index (χ4v) is 2.00. The molecule has 1 aliphatic heterocycles. The molecule has 0 saturated carbocycles. The summed E-state index contributed by atoms with van der Waals surface area (Å²) in [6.45, 7) is 4.31. The first-order valence-corrected chi connectivity index (χ1v) is 7.20. The number of carbonyl (C=O) groups is 1. The number of ether oxygens (including phenoxy) is 2. The lowest BCUT2D eigenvalue weighted by molar-refractivity contribution is -0.119. The number of unbranched alkanes of at least 4 members (excludes halogenated alkanes) is 2. The predicted octanol–water partition coefficient (Wildman–Crippen LogP) is 2.18. The molecule has 1 heterocycles. The summed E-state index contributed by atoms with van der Waals surface area (Å²) in [6, 6.07) is 5.60. The number of benzene rings is 1. The molecule has 5 nitrogen and oxygen atoms in total. The highest BCUT2D eigenvalue weighted by molar-refractivity contribution is 5.80. The maximum absolute atomic E-state index is 11.6. The van der Waals surface area contributed by atoms with Crippen molar-refractivity contribution in [3.05, 3.63) is 18.2 Å². The lowest BCUT2D eigenvalue weighted by atomic mass is 10.2. The third kappa shape index (κ3) is 4.33. The Morgan fingerprint density at radius 2 is 2.00 bits per heavy atom. The summed E-state index contributed by atoms with van der Waals surface area (Å²) in [5, 5.41) is 5.98. The van der Waals surface area contributed by atoms with Crippen LogP contribution in [0.4, 0.5) is 5.69 Å². The van der Waals surface area contributed by atoms with E-state index in [2.05, 4.69) is 17.6 Å². The van der Waals surface area contributed by atoms with E-state index in [4.69, 9.17) is 9.47 Å². The van der Waals surface area contributed by atoms with Crippen molar-refractivity contribution in [1.82, 2.24) is 5.32 Å². The van der Waals surface area contributed by atoms with E-state index in [1.165, 1.54) is 0 Å². The van der Waals surface area contributed by atoms with E-state index in [1.54, 1.807) is 0 Å². The molecule has 0 aliphatic carbocycles. The minimum atomic E-state index is 0.0102. The lowest BCUT2D eigenvalue weighted by Crippen LogP contribution is -2.30. The van der Waals surface area contributed by atoms with Crippen LogP contribution < -0.4 is 20.1 Å². The van der Waals surface area contributed by atoms with E-state index < -0.39 is 0 Å². The third-order valence-electron chi connectivity index (χ3n) is 3.10. The van der Waals surface area contributed by atoms with Gasteiger partial charge in [0.2, 0.25) is 5.91 Å². The molecule has 0 spiro atoms. The van der Waals surface area contributed by atoms with Gasteiger partial charge in [0.15, 0.2) is 11.5 Å². The van der Waals surface area contributed by atoms with E-state index in [9.17, 15) is 4.79 Å². The molecule has 1 aromatic rings. The first-order chi connectivity index (χ1) is 9.79. The molecule has 20 heavy (non-hydrogen) atoms. The minimum absolute atomic E-state index is 0.0102. The highest BCUT2D eigenvalue weighted by Crippen LogP contribution is 2.32. The largest absolute Gasteiger partial charge is 0.486 e. The van der Waals surface area contributed by atoms with Crippen LogP contribution in [0.15, 0.2) is 18.2 Å². The van der Waals surface area contributed by atoms with Crippen molar-refractivity contribution in [2.24, 2.45) is 0 Å². The number of anilines is 1. The monoisotopic (exact) mass is 278 g/mol. The molecule has 0 aromatic heterocycles. The lowest BCUT2D eigenvalue weighted by Gasteiger charge is -2.19. The molecule has 1 aromatic carbocycles. The first kappa shape index (κ1) is 14.5. The van der Waals surface area contributed by atoms with Crippen LogP contribution in [0.5, 0.6) is 11.5 Å². The SMILES string of the molecule is CCCCCNC(=O)CNc1ccc2c(c1)OCCO2. The second kappa shape index (κ2) is 7.62. The van der Waals surface area contributed by atoms with Crippen LogP contribution in [0, 0.1) is 0 Å². The van der Waals surface area contributed by atoms with E-state index in [0.29, 0.717) is 13.2 Å². The van der Waals surface area contributed by atoms with Crippen molar-refractivity contribution in [3.63, 3.8) is 0 Å². The summed E-state index contributed by atoms with van der Waals surface area (Å²) < 4.78 is 10.9. The van der Waals surface area contributed by atoms with Gasteiger partial charge in [0.05, 0.1) is 6.54 Å². The number of hydrogen-bond acceptors (Lipinski definition) is 4. The summed E-state index contributed by atoms with van der Waals surface area (Å²) in [7, 11) is 0. The van der Waals surface area contributed by atoms with Gasteiger partial charge >= 0.3 is 0 Å². The molecule has 1 aliphatic rings. The number of carbonyl (C=O) groups excluding carboxylic acids is 1. The Labute approximate surface area is 119 Å². The number of hydrogen-bond donors (Lipinski definition) is 2. The fraction of sp³-hybridized carbons (Fsp3) is 0.533. The number of fused-ring (bicyclic) bond motifs is 1. The smallest absolute Gasteiger partial charge is 0.239 e. The van der Waals surface area contributed by atoms with Gasteiger partial charge in [0.25, 0.3) is 0 Å². The second-order valence-electron chi connectivity index (χ2n) is 4.77. The van der Waals surface area contributed by atoms with Crippen LogP contribution >= 0.6 is 0 Å². The van der Waals surface area contributed by atoms with Crippen LogP contribution in [0.3, 0.4) is 0 Å². The summed E-state index contributed by atoms with van der Waals surface area (Å²) in [5.41, 5.74) is 0.859. The zero-order chi connectivity index (χ0) is 14.2. The number of rotatable bonds is 7. The van der Waals surface area contributed by atoms with Gasteiger partial charge < -0.3 is 20.1 Å². The molecule has 5 heteroatoms. The minimum Gasteiger partial charge on any atom is -0.486 e. The van der Waals surface area contributed by atoms with E-state index in [-0.39, 0.29) is 12.5 Å². The van der Waals surface area contributed by atoms with Crippen LogP contribution in [-0.4, -0.2) is 32.2 Å². The molecule has 0 saturated heterocycles. The predicted molar refractivity (Wildman–Crippen MR) is 78.5 cm³/mol. The molecule has 0 atom stereocenters. The van der Waals surface area contributed by atoms with Crippen molar-refractivity contribution >= 4 is 11.6 Å². The molecule has 0 unspecified atom stereocenters. The standard InChI is InChI=1S/C15H22N2O3/c1-2-3-4-7-16-15(18)11-17-12-5-6-13-14(10-12)20-9-8-19-13/h5-6,10,17H,2-4,7-9,11H2,1H3,(H,16,18). The van der Waals surface area contributed by atoms with Gasteiger partial charge in [-0.1, -0.05) is 19.8 Å². The van der Waals surface area contributed by atoms with Crippen LogP contribution in [0.1, 0.15) is 26.2 Å².